The van der Waals surface area contributed by atoms with E-state index in [1.165, 1.54) is 16.6 Å². The second kappa shape index (κ2) is 7.80. The molecule has 0 aliphatic heterocycles. The van der Waals surface area contributed by atoms with Gasteiger partial charge in [-0.05, 0) is 43.7 Å². The summed E-state index contributed by atoms with van der Waals surface area (Å²) in [5.74, 6) is 0.950. The van der Waals surface area contributed by atoms with Crippen molar-refractivity contribution in [3.8, 4) is 17.5 Å². The van der Waals surface area contributed by atoms with E-state index in [-0.39, 0.29) is 11.7 Å². The molecule has 0 unspecified atom stereocenters. The Balaban J connectivity index is 1.22. The highest BCUT2D eigenvalue weighted by molar-refractivity contribution is 7.99. The summed E-state index contributed by atoms with van der Waals surface area (Å²) in [5.41, 5.74) is 3.86. The number of fused-ring (bicyclic) bond motifs is 2. The van der Waals surface area contributed by atoms with Gasteiger partial charge in [0.2, 0.25) is 5.91 Å². The van der Waals surface area contributed by atoms with Crippen molar-refractivity contribution in [2.75, 3.05) is 11.1 Å². The number of thioether (sulfide) groups is 1. The molecule has 4 aromatic rings. The average Bonchev–Trinajstić information content (AvgIpc) is 3.14. The fourth-order valence-corrected chi connectivity index (χ4v) is 6.44. The Morgan fingerprint density at radius 1 is 1.31 bits per heavy atom. The zero-order valence-electron chi connectivity index (χ0n) is 17.2. The van der Waals surface area contributed by atoms with Gasteiger partial charge in [-0.2, -0.15) is 5.26 Å². The molecule has 1 saturated carbocycles. The maximum atomic E-state index is 12.7. The number of amides is 1. The summed E-state index contributed by atoms with van der Waals surface area (Å²) in [6.07, 6.45) is 7.20. The van der Waals surface area contributed by atoms with Gasteiger partial charge < -0.3 is 10.3 Å². The summed E-state index contributed by atoms with van der Waals surface area (Å²) in [4.78, 5) is 17.2. The second-order valence-electron chi connectivity index (χ2n) is 8.17. The van der Waals surface area contributed by atoms with Gasteiger partial charge >= 0.3 is 0 Å². The Morgan fingerprint density at radius 2 is 2.19 bits per heavy atom. The van der Waals surface area contributed by atoms with Gasteiger partial charge in [-0.15, -0.1) is 21.5 Å². The normalized spacial score (nSPS) is 15.1. The maximum Gasteiger partial charge on any atom is 0.235 e. The quantitative estimate of drug-likeness (QED) is 0.398. The molecule has 0 radical (unpaired) electrons. The largest absolute Gasteiger partial charge is 0.360 e. The minimum atomic E-state index is -0.120. The number of carbonyl (C=O) groups excluding carboxylic acids is 1. The predicted molar refractivity (Wildman–Crippen MR) is 126 cm³/mol. The van der Waals surface area contributed by atoms with E-state index in [0.29, 0.717) is 16.6 Å². The molecule has 1 aromatic carbocycles. The number of carbonyl (C=O) groups is 1. The summed E-state index contributed by atoms with van der Waals surface area (Å²) >= 11 is 2.94. The molecule has 2 aliphatic carbocycles. The molecule has 160 valence electrons. The Hall–Kier alpha value is -3.09. The summed E-state index contributed by atoms with van der Waals surface area (Å²) in [6, 6.07) is 10.8. The molecule has 2 N–H and O–H groups in total. The number of rotatable bonds is 6. The van der Waals surface area contributed by atoms with Gasteiger partial charge in [0.25, 0.3) is 0 Å². The number of anilines is 1. The van der Waals surface area contributed by atoms with Crippen molar-refractivity contribution in [3.63, 3.8) is 0 Å². The third-order valence-electron chi connectivity index (χ3n) is 6.03. The predicted octanol–water partition coefficient (Wildman–Crippen LogP) is 4.91. The number of aryl methyl sites for hydroxylation is 1. The highest BCUT2D eigenvalue weighted by Crippen LogP contribution is 2.42. The molecule has 1 fully saturated rings. The molecule has 0 bridgehead atoms. The van der Waals surface area contributed by atoms with Crippen LogP contribution in [0.25, 0.3) is 22.3 Å². The third-order valence-corrected chi connectivity index (χ3v) is 8.18. The van der Waals surface area contributed by atoms with E-state index in [9.17, 15) is 10.1 Å². The Bertz CT molecular complexity index is 1390. The number of thiophene rings is 1. The van der Waals surface area contributed by atoms with Gasteiger partial charge in [0.05, 0.1) is 11.3 Å². The van der Waals surface area contributed by atoms with Crippen LogP contribution in [0.5, 0.6) is 0 Å². The molecular formula is C23H20N6OS2. The molecule has 3 heterocycles. The van der Waals surface area contributed by atoms with Crippen molar-refractivity contribution in [2.24, 2.45) is 0 Å². The van der Waals surface area contributed by atoms with Gasteiger partial charge in [-0.1, -0.05) is 30.0 Å². The lowest BCUT2D eigenvalue weighted by Gasteiger charge is -2.08. The van der Waals surface area contributed by atoms with Gasteiger partial charge in [0.15, 0.2) is 11.0 Å². The van der Waals surface area contributed by atoms with Gasteiger partial charge in [0.1, 0.15) is 11.1 Å². The standard InChI is InChI=1S/C23H20N6OS2/c24-10-16-15-5-3-7-19(15)32-22(16)26-20(30)12-31-23-28-27-21(29(23)13-8-9-13)17-11-25-18-6-2-1-4-14(17)18/h1-2,4,6,11,13,25H,3,5,7-9,12H2,(H,26,30). The van der Waals surface area contributed by atoms with E-state index < -0.39 is 0 Å². The van der Waals surface area contributed by atoms with Crippen molar-refractivity contribution in [1.82, 2.24) is 19.7 Å². The second-order valence-corrected chi connectivity index (χ2v) is 10.2. The molecule has 7 nitrogen and oxygen atoms in total. The monoisotopic (exact) mass is 460 g/mol. The van der Waals surface area contributed by atoms with Crippen LogP contribution in [0.3, 0.4) is 0 Å². The van der Waals surface area contributed by atoms with Crippen LogP contribution in [0.15, 0.2) is 35.6 Å². The van der Waals surface area contributed by atoms with E-state index in [0.717, 1.165) is 65.1 Å². The topological polar surface area (TPSA) is 99.4 Å². The van der Waals surface area contributed by atoms with Crippen LogP contribution in [0.4, 0.5) is 5.00 Å². The van der Waals surface area contributed by atoms with Crippen LogP contribution >= 0.6 is 23.1 Å². The first-order valence-electron chi connectivity index (χ1n) is 10.7. The van der Waals surface area contributed by atoms with Gasteiger partial charge in [-0.3, -0.25) is 9.36 Å². The lowest BCUT2D eigenvalue weighted by molar-refractivity contribution is -0.113. The number of nitrogens with one attached hydrogen (secondary N) is 2. The first-order valence-corrected chi connectivity index (χ1v) is 12.5. The van der Waals surface area contributed by atoms with E-state index in [4.69, 9.17) is 0 Å². The Labute approximate surface area is 192 Å². The van der Waals surface area contributed by atoms with Crippen molar-refractivity contribution < 1.29 is 4.79 Å². The van der Waals surface area contributed by atoms with Crippen LogP contribution < -0.4 is 5.32 Å². The number of H-pyrrole nitrogens is 1. The average molecular weight is 461 g/mol. The van der Waals surface area contributed by atoms with E-state index in [2.05, 4.69) is 37.2 Å². The third kappa shape index (κ3) is 3.31. The first kappa shape index (κ1) is 19.6. The van der Waals surface area contributed by atoms with Crippen LogP contribution in [-0.2, 0) is 17.6 Å². The fourth-order valence-electron chi connectivity index (χ4n) is 4.38. The highest BCUT2D eigenvalue weighted by Gasteiger charge is 2.31. The minimum Gasteiger partial charge on any atom is -0.360 e. The number of hydrogen-bond acceptors (Lipinski definition) is 6. The zero-order chi connectivity index (χ0) is 21.7. The highest BCUT2D eigenvalue weighted by atomic mass is 32.2. The van der Waals surface area contributed by atoms with Crippen LogP contribution in [0.1, 0.15) is 41.3 Å². The van der Waals surface area contributed by atoms with Crippen LogP contribution in [0, 0.1) is 11.3 Å². The lowest BCUT2D eigenvalue weighted by Crippen LogP contribution is -2.14. The number of hydrogen-bond donors (Lipinski definition) is 2. The fraction of sp³-hybridized carbons (Fsp3) is 0.304. The number of benzene rings is 1. The van der Waals surface area contributed by atoms with Crippen molar-refractivity contribution >= 4 is 44.9 Å². The first-order chi connectivity index (χ1) is 15.7. The minimum absolute atomic E-state index is 0.120. The number of para-hydroxylation sites is 1. The van der Waals surface area contributed by atoms with Gasteiger partial charge in [0, 0.05) is 33.6 Å². The smallest absolute Gasteiger partial charge is 0.235 e. The van der Waals surface area contributed by atoms with Gasteiger partial charge in [-0.25, -0.2) is 0 Å². The molecule has 9 heteroatoms. The number of nitriles is 1. The van der Waals surface area contributed by atoms with Crippen molar-refractivity contribution in [1.29, 1.82) is 5.26 Å². The summed E-state index contributed by atoms with van der Waals surface area (Å²) in [7, 11) is 0. The summed E-state index contributed by atoms with van der Waals surface area (Å²) < 4.78 is 2.17. The van der Waals surface area contributed by atoms with E-state index in [1.807, 2.05) is 24.4 Å². The van der Waals surface area contributed by atoms with E-state index >= 15 is 0 Å². The Kier molecular flexibility index (Phi) is 4.77. The molecule has 0 saturated heterocycles. The molecule has 2 aliphatic rings. The molecule has 32 heavy (non-hydrogen) atoms. The SMILES string of the molecule is N#Cc1c(NC(=O)CSc2nnc(-c3c[nH]c4ccccc34)n2C2CC2)sc2c1CCC2. The van der Waals surface area contributed by atoms with E-state index in [1.54, 1.807) is 11.3 Å². The van der Waals surface area contributed by atoms with Crippen LogP contribution in [-0.4, -0.2) is 31.4 Å². The molecule has 3 aromatic heterocycles. The molecule has 0 atom stereocenters. The van der Waals surface area contributed by atoms with Crippen LogP contribution in [0.2, 0.25) is 0 Å². The zero-order valence-corrected chi connectivity index (χ0v) is 18.9. The number of nitrogens with zero attached hydrogens (tertiary/aromatic N) is 4. The molecule has 6 rings (SSSR count). The Morgan fingerprint density at radius 3 is 3.03 bits per heavy atom. The molecular weight excluding hydrogens is 440 g/mol. The summed E-state index contributed by atoms with van der Waals surface area (Å²) in [5, 5.41) is 24.0. The van der Waals surface area contributed by atoms with Crippen molar-refractivity contribution in [2.45, 2.75) is 43.3 Å². The maximum absolute atomic E-state index is 12.7. The number of aromatic amines is 1. The lowest BCUT2D eigenvalue weighted by atomic mass is 10.1. The number of aromatic nitrogens is 4. The molecule has 0 spiro atoms. The molecule has 1 amide bonds. The van der Waals surface area contributed by atoms with Crippen molar-refractivity contribution in [3.05, 3.63) is 46.5 Å². The summed E-state index contributed by atoms with van der Waals surface area (Å²) in [6.45, 7) is 0.